The number of benzene rings is 2. The van der Waals surface area contributed by atoms with E-state index >= 15 is 0 Å². The maximum absolute atomic E-state index is 13.4. The van der Waals surface area contributed by atoms with E-state index in [1.54, 1.807) is 54.5 Å². The van der Waals surface area contributed by atoms with Gasteiger partial charge in [-0.15, -0.1) is 0 Å². The molecule has 0 saturated heterocycles. The number of nitrogens with zero attached hydrogens (tertiary/aromatic N) is 1. The fourth-order valence-electron chi connectivity index (χ4n) is 3.68. The summed E-state index contributed by atoms with van der Waals surface area (Å²) in [5.74, 6) is -0.796. The molecule has 0 fully saturated rings. The van der Waals surface area contributed by atoms with E-state index in [2.05, 4.69) is 15.9 Å². The van der Waals surface area contributed by atoms with Crippen LogP contribution in [0.25, 0.3) is 11.0 Å². The van der Waals surface area contributed by atoms with Gasteiger partial charge in [-0.1, -0.05) is 28.1 Å². The summed E-state index contributed by atoms with van der Waals surface area (Å²) >= 11 is 3.38. The summed E-state index contributed by atoms with van der Waals surface area (Å²) in [5, 5.41) is 0.390. The van der Waals surface area contributed by atoms with Crippen molar-refractivity contribution in [1.82, 2.24) is 4.90 Å². The highest BCUT2D eigenvalue weighted by Gasteiger charge is 2.42. The SMILES string of the molecule is COCCN1C(=O)c2oc3ccc(Br)cc3c(=O)c2C1c1ccc(C(=O)OC)cc1. The lowest BCUT2D eigenvalue weighted by Crippen LogP contribution is -2.32. The van der Waals surface area contributed by atoms with E-state index in [0.717, 1.165) is 4.47 Å². The Hall–Kier alpha value is -2.97. The molecule has 0 aliphatic carbocycles. The Balaban J connectivity index is 1.90. The number of hydrogen-bond acceptors (Lipinski definition) is 6. The first kappa shape index (κ1) is 20.3. The van der Waals surface area contributed by atoms with Crippen molar-refractivity contribution in [2.24, 2.45) is 0 Å². The topological polar surface area (TPSA) is 86.0 Å². The monoisotopic (exact) mass is 471 g/mol. The van der Waals surface area contributed by atoms with Gasteiger partial charge < -0.3 is 18.8 Å². The van der Waals surface area contributed by atoms with Gasteiger partial charge in [0.25, 0.3) is 5.91 Å². The Bertz CT molecular complexity index is 1200. The molecule has 0 saturated carbocycles. The minimum atomic E-state index is -0.644. The minimum absolute atomic E-state index is 0.0352. The first-order valence-electron chi connectivity index (χ1n) is 9.20. The number of hydrogen-bond donors (Lipinski definition) is 0. The van der Waals surface area contributed by atoms with Gasteiger partial charge in [-0.05, 0) is 35.9 Å². The third kappa shape index (κ3) is 3.32. The fourth-order valence-corrected chi connectivity index (χ4v) is 4.04. The Kier molecular flexibility index (Phi) is 5.44. The molecule has 0 spiro atoms. The zero-order valence-corrected chi connectivity index (χ0v) is 17.9. The van der Waals surface area contributed by atoms with Gasteiger partial charge >= 0.3 is 5.97 Å². The Morgan fingerprint density at radius 3 is 2.53 bits per heavy atom. The van der Waals surface area contributed by atoms with Gasteiger partial charge in [-0.25, -0.2) is 4.79 Å². The van der Waals surface area contributed by atoms with Crippen molar-refractivity contribution in [3.63, 3.8) is 0 Å². The van der Waals surface area contributed by atoms with Crippen LogP contribution in [-0.2, 0) is 9.47 Å². The Morgan fingerprint density at radius 1 is 1.13 bits per heavy atom. The van der Waals surface area contributed by atoms with Crippen LogP contribution < -0.4 is 5.43 Å². The van der Waals surface area contributed by atoms with Crippen LogP contribution in [0.15, 0.2) is 56.1 Å². The summed E-state index contributed by atoms with van der Waals surface area (Å²) in [6.07, 6.45) is 0. The number of carbonyl (C=O) groups is 2. The molecule has 0 bridgehead atoms. The van der Waals surface area contributed by atoms with Crippen LogP contribution >= 0.6 is 15.9 Å². The largest absolute Gasteiger partial charge is 0.465 e. The zero-order valence-electron chi connectivity index (χ0n) is 16.3. The molecule has 154 valence electrons. The second-order valence-corrected chi connectivity index (χ2v) is 7.74. The molecule has 1 amide bonds. The predicted molar refractivity (Wildman–Crippen MR) is 113 cm³/mol. The van der Waals surface area contributed by atoms with E-state index in [4.69, 9.17) is 13.9 Å². The molecular formula is C22H18BrNO6. The highest BCUT2D eigenvalue weighted by atomic mass is 79.9. The lowest BCUT2D eigenvalue weighted by Gasteiger charge is -2.24. The lowest BCUT2D eigenvalue weighted by atomic mass is 9.97. The average Bonchev–Trinajstić information content (AvgIpc) is 3.04. The number of carbonyl (C=O) groups excluding carboxylic acids is 2. The first-order valence-corrected chi connectivity index (χ1v) is 10.00. The van der Waals surface area contributed by atoms with Gasteiger partial charge in [0.15, 0.2) is 5.43 Å². The van der Waals surface area contributed by atoms with Crippen molar-refractivity contribution >= 4 is 38.8 Å². The molecule has 7 nitrogen and oxygen atoms in total. The number of fused-ring (bicyclic) bond motifs is 2. The highest BCUT2D eigenvalue weighted by Crippen LogP contribution is 2.38. The van der Waals surface area contributed by atoms with E-state index in [1.165, 1.54) is 7.11 Å². The molecule has 30 heavy (non-hydrogen) atoms. The quantitative estimate of drug-likeness (QED) is 0.529. The van der Waals surface area contributed by atoms with Crippen molar-refractivity contribution in [2.75, 3.05) is 27.4 Å². The summed E-state index contributed by atoms with van der Waals surface area (Å²) in [6, 6.07) is 11.1. The van der Waals surface area contributed by atoms with E-state index in [0.29, 0.717) is 28.7 Å². The number of methoxy groups -OCH3 is 2. The molecule has 2 heterocycles. The van der Waals surface area contributed by atoms with E-state index in [-0.39, 0.29) is 29.2 Å². The van der Waals surface area contributed by atoms with Gasteiger partial charge in [0, 0.05) is 18.1 Å². The van der Waals surface area contributed by atoms with Gasteiger partial charge in [-0.2, -0.15) is 0 Å². The summed E-state index contributed by atoms with van der Waals surface area (Å²) in [7, 11) is 2.85. The molecule has 0 radical (unpaired) electrons. The third-order valence-corrected chi connectivity index (χ3v) is 5.60. The summed E-state index contributed by atoms with van der Waals surface area (Å²) in [6.45, 7) is 0.582. The van der Waals surface area contributed by atoms with Crippen molar-refractivity contribution in [3.8, 4) is 0 Å². The van der Waals surface area contributed by atoms with Crippen LogP contribution in [0, 0.1) is 0 Å². The lowest BCUT2D eigenvalue weighted by molar-refractivity contribution is 0.0599. The van der Waals surface area contributed by atoms with Crippen molar-refractivity contribution in [1.29, 1.82) is 0 Å². The molecule has 1 unspecified atom stereocenters. The normalized spacial score (nSPS) is 15.5. The predicted octanol–water partition coefficient (Wildman–Crippen LogP) is 3.53. The molecule has 0 N–H and O–H groups in total. The smallest absolute Gasteiger partial charge is 0.337 e. The number of esters is 1. The Morgan fingerprint density at radius 2 is 1.87 bits per heavy atom. The maximum Gasteiger partial charge on any atom is 0.337 e. The van der Waals surface area contributed by atoms with Crippen LogP contribution in [-0.4, -0.2) is 44.1 Å². The van der Waals surface area contributed by atoms with Crippen LogP contribution in [0.4, 0.5) is 0 Å². The van der Waals surface area contributed by atoms with Crippen molar-refractivity contribution in [3.05, 3.63) is 79.6 Å². The van der Waals surface area contributed by atoms with Crippen molar-refractivity contribution in [2.45, 2.75) is 6.04 Å². The third-order valence-electron chi connectivity index (χ3n) is 5.11. The molecular weight excluding hydrogens is 454 g/mol. The molecule has 8 heteroatoms. The average molecular weight is 472 g/mol. The molecule has 1 atom stereocenters. The standard InChI is InChI=1S/C22H18BrNO6/c1-28-10-9-24-18(12-3-5-13(6-4-12)22(27)29-2)17-19(25)15-11-14(23)7-8-16(15)30-20(17)21(24)26/h3-8,11,18H,9-10H2,1-2H3. The van der Waals surface area contributed by atoms with Gasteiger partial charge in [-0.3, -0.25) is 9.59 Å². The van der Waals surface area contributed by atoms with Crippen molar-refractivity contribution < 1.29 is 23.5 Å². The molecule has 4 rings (SSSR count). The summed E-state index contributed by atoms with van der Waals surface area (Å²) in [4.78, 5) is 39.8. The number of amides is 1. The van der Waals surface area contributed by atoms with Crippen LogP contribution in [0.2, 0.25) is 0 Å². The second kappa shape index (κ2) is 8.04. The molecule has 1 aliphatic rings. The summed E-state index contributed by atoms with van der Waals surface area (Å²) < 4.78 is 16.5. The van der Waals surface area contributed by atoms with Crippen LogP contribution in [0.5, 0.6) is 0 Å². The minimum Gasteiger partial charge on any atom is -0.465 e. The van der Waals surface area contributed by atoms with E-state index in [1.807, 2.05) is 0 Å². The van der Waals surface area contributed by atoms with Crippen LogP contribution in [0.1, 0.15) is 38.1 Å². The first-order chi connectivity index (χ1) is 14.5. The van der Waals surface area contributed by atoms with Crippen LogP contribution in [0.3, 0.4) is 0 Å². The maximum atomic E-state index is 13.4. The molecule has 3 aromatic rings. The highest BCUT2D eigenvalue weighted by molar-refractivity contribution is 9.10. The molecule has 1 aromatic heterocycles. The van der Waals surface area contributed by atoms with Gasteiger partial charge in [0.05, 0.1) is 36.3 Å². The van der Waals surface area contributed by atoms with Gasteiger partial charge in [0.1, 0.15) is 5.58 Å². The fraction of sp³-hybridized carbons (Fsp3) is 0.227. The molecule has 2 aromatic carbocycles. The van der Waals surface area contributed by atoms with E-state index in [9.17, 15) is 14.4 Å². The van der Waals surface area contributed by atoms with E-state index < -0.39 is 12.0 Å². The number of rotatable bonds is 5. The van der Waals surface area contributed by atoms with Gasteiger partial charge in [0.2, 0.25) is 5.76 Å². The number of ether oxygens (including phenoxy) is 2. The Labute approximate surface area is 180 Å². The molecule has 1 aliphatic heterocycles. The summed E-state index contributed by atoms with van der Waals surface area (Å²) in [5.41, 5.74) is 1.44. The second-order valence-electron chi connectivity index (χ2n) is 6.82. The zero-order chi connectivity index (χ0) is 21.4. The number of halogens is 1.